The molecule has 2 N–H and O–H groups in total. The van der Waals surface area contributed by atoms with E-state index in [1.165, 1.54) is 6.21 Å². The summed E-state index contributed by atoms with van der Waals surface area (Å²) in [5.41, 5.74) is 6.75. The molecule has 0 unspecified atom stereocenters. The molecule has 4 aromatic carbocycles. The van der Waals surface area contributed by atoms with Crippen molar-refractivity contribution < 1.29 is 14.3 Å². The zero-order chi connectivity index (χ0) is 27.7. The number of hydrogen-bond donors (Lipinski definition) is 2. The van der Waals surface area contributed by atoms with Crippen LogP contribution in [0.15, 0.2) is 120 Å². The van der Waals surface area contributed by atoms with E-state index in [1.54, 1.807) is 35.1 Å². The van der Waals surface area contributed by atoms with Crippen molar-refractivity contribution in [3.63, 3.8) is 0 Å². The Morgan fingerprint density at radius 2 is 1.52 bits per heavy atom. The van der Waals surface area contributed by atoms with Crippen molar-refractivity contribution in [1.82, 2.24) is 15.2 Å². The van der Waals surface area contributed by atoms with Crippen molar-refractivity contribution in [2.45, 2.75) is 6.61 Å². The third-order valence-electron chi connectivity index (χ3n) is 5.82. The molecule has 0 saturated carbocycles. The minimum atomic E-state index is -0.914. The molecule has 1 heterocycles. The van der Waals surface area contributed by atoms with E-state index in [1.807, 2.05) is 84.9 Å². The number of hydrazone groups is 1. The second-order valence-electron chi connectivity index (χ2n) is 8.67. The number of rotatable bonds is 8. The highest BCUT2D eigenvalue weighted by Crippen LogP contribution is 2.25. The lowest BCUT2D eigenvalue weighted by atomic mass is 10.1. The number of nitrogens with zero attached hydrogens (tertiary/aromatic N) is 3. The topological polar surface area (TPSA) is 97.6 Å². The van der Waals surface area contributed by atoms with Crippen LogP contribution in [0.25, 0.3) is 16.9 Å². The lowest BCUT2D eigenvalue weighted by molar-refractivity contribution is -0.136. The Morgan fingerprint density at radius 1 is 0.850 bits per heavy atom. The normalized spacial score (nSPS) is 10.8. The van der Waals surface area contributed by atoms with Crippen molar-refractivity contribution in [2.75, 3.05) is 5.32 Å². The molecule has 0 aliphatic rings. The van der Waals surface area contributed by atoms with Gasteiger partial charge in [0.05, 0.1) is 11.9 Å². The maximum Gasteiger partial charge on any atom is 0.329 e. The van der Waals surface area contributed by atoms with Gasteiger partial charge in [-0.1, -0.05) is 60.1 Å². The average molecular weight is 550 g/mol. The summed E-state index contributed by atoms with van der Waals surface area (Å²) in [6, 6.07) is 33.6. The standard InChI is InChI=1S/C31H24ClN5O3/c32-25-13-15-26(16-14-25)34-30(38)31(39)35-33-19-24-20-37(27-9-5-2-6-10-27)36-29(24)23-11-17-28(18-12-23)40-21-22-7-3-1-4-8-22/h1-20H,21H2,(H,34,38)(H,35,39). The van der Waals surface area contributed by atoms with Gasteiger partial charge in [0.25, 0.3) is 0 Å². The number of anilines is 1. The summed E-state index contributed by atoms with van der Waals surface area (Å²) in [5.74, 6) is -1.04. The average Bonchev–Trinajstić information content (AvgIpc) is 3.42. The van der Waals surface area contributed by atoms with E-state index >= 15 is 0 Å². The predicted molar refractivity (Wildman–Crippen MR) is 156 cm³/mol. The first kappa shape index (κ1) is 26.4. The Labute approximate surface area is 235 Å². The first-order valence-corrected chi connectivity index (χ1v) is 12.8. The molecule has 0 aliphatic carbocycles. The van der Waals surface area contributed by atoms with E-state index in [2.05, 4.69) is 15.8 Å². The SMILES string of the molecule is O=C(NN=Cc1cn(-c2ccccc2)nc1-c1ccc(OCc2ccccc2)cc1)C(=O)Nc1ccc(Cl)cc1. The van der Waals surface area contributed by atoms with Crippen LogP contribution in [-0.2, 0) is 16.2 Å². The highest BCUT2D eigenvalue weighted by atomic mass is 35.5. The van der Waals surface area contributed by atoms with E-state index in [4.69, 9.17) is 21.4 Å². The molecule has 0 saturated heterocycles. The van der Waals surface area contributed by atoms with Crippen LogP contribution in [0.2, 0.25) is 5.02 Å². The monoisotopic (exact) mass is 549 g/mol. The molecule has 5 aromatic rings. The summed E-state index contributed by atoms with van der Waals surface area (Å²) in [6.45, 7) is 0.464. The van der Waals surface area contributed by atoms with Gasteiger partial charge < -0.3 is 10.1 Å². The number of amides is 2. The van der Waals surface area contributed by atoms with Gasteiger partial charge in [-0.3, -0.25) is 9.59 Å². The van der Waals surface area contributed by atoms with Crippen LogP contribution < -0.4 is 15.5 Å². The highest BCUT2D eigenvalue weighted by Gasteiger charge is 2.14. The van der Waals surface area contributed by atoms with Gasteiger partial charge in [0, 0.05) is 28.0 Å². The Bertz CT molecular complexity index is 1620. The number of aromatic nitrogens is 2. The molecule has 40 heavy (non-hydrogen) atoms. The third-order valence-corrected chi connectivity index (χ3v) is 6.07. The first-order valence-electron chi connectivity index (χ1n) is 12.4. The van der Waals surface area contributed by atoms with Crippen LogP contribution in [0.3, 0.4) is 0 Å². The minimum Gasteiger partial charge on any atom is -0.489 e. The predicted octanol–water partition coefficient (Wildman–Crippen LogP) is 5.86. The fourth-order valence-electron chi connectivity index (χ4n) is 3.80. The smallest absolute Gasteiger partial charge is 0.329 e. The van der Waals surface area contributed by atoms with Crippen molar-refractivity contribution in [2.24, 2.45) is 5.10 Å². The fourth-order valence-corrected chi connectivity index (χ4v) is 3.93. The Morgan fingerprint density at radius 3 is 2.23 bits per heavy atom. The van der Waals surface area contributed by atoms with Crippen LogP contribution in [0, 0.1) is 0 Å². The number of benzene rings is 4. The summed E-state index contributed by atoms with van der Waals surface area (Å²) < 4.78 is 7.63. The molecule has 0 aliphatic heterocycles. The van der Waals surface area contributed by atoms with Crippen LogP contribution in [0.1, 0.15) is 11.1 Å². The zero-order valence-corrected chi connectivity index (χ0v) is 22.0. The number of hydrogen-bond acceptors (Lipinski definition) is 5. The number of para-hydroxylation sites is 1. The second kappa shape index (κ2) is 12.6. The molecule has 0 radical (unpaired) electrons. The van der Waals surface area contributed by atoms with Gasteiger partial charge in [0.1, 0.15) is 18.1 Å². The number of carbonyl (C=O) groups excluding carboxylic acids is 2. The molecule has 5 rings (SSSR count). The number of nitrogens with one attached hydrogen (secondary N) is 2. The van der Waals surface area contributed by atoms with Crippen LogP contribution in [-0.4, -0.2) is 27.8 Å². The lowest BCUT2D eigenvalue weighted by Gasteiger charge is -2.07. The molecular formula is C31H24ClN5O3. The number of ether oxygens (including phenoxy) is 1. The van der Waals surface area contributed by atoms with Crippen LogP contribution in [0.5, 0.6) is 5.75 Å². The van der Waals surface area contributed by atoms with Gasteiger partial charge in [0.2, 0.25) is 0 Å². The van der Waals surface area contributed by atoms with Crippen molar-refractivity contribution in [3.8, 4) is 22.7 Å². The number of carbonyl (C=O) groups is 2. The van der Waals surface area contributed by atoms with E-state index in [-0.39, 0.29) is 0 Å². The van der Waals surface area contributed by atoms with E-state index in [0.717, 1.165) is 22.6 Å². The van der Waals surface area contributed by atoms with Crippen molar-refractivity contribution in [3.05, 3.63) is 132 Å². The summed E-state index contributed by atoms with van der Waals surface area (Å²) in [4.78, 5) is 24.5. The van der Waals surface area contributed by atoms with Crippen molar-refractivity contribution in [1.29, 1.82) is 0 Å². The molecule has 8 nitrogen and oxygen atoms in total. The first-order chi connectivity index (χ1) is 19.5. The van der Waals surface area contributed by atoms with Gasteiger partial charge in [-0.15, -0.1) is 0 Å². The fraction of sp³-hybridized carbons (Fsp3) is 0.0323. The van der Waals surface area contributed by atoms with E-state index in [9.17, 15) is 9.59 Å². The molecule has 2 amide bonds. The van der Waals surface area contributed by atoms with Gasteiger partial charge >= 0.3 is 11.8 Å². The summed E-state index contributed by atoms with van der Waals surface area (Å²) in [5, 5.41) is 11.8. The molecule has 1 aromatic heterocycles. The zero-order valence-electron chi connectivity index (χ0n) is 21.2. The Hall–Kier alpha value is -5.21. The second-order valence-corrected chi connectivity index (χ2v) is 9.11. The molecular weight excluding hydrogens is 526 g/mol. The van der Waals surface area contributed by atoms with Gasteiger partial charge in [-0.2, -0.15) is 10.2 Å². The van der Waals surface area contributed by atoms with E-state index in [0.29, 0.717) is 28.6 Å². The van der Waals surface area contributed by atoms with E-state index < -0.39 is 11.8 Å². The summed E-state index contributed by atoms with van der Waals surface area (Å²) >= 11 is 5.86. The largest absolute Gasteiger partial charge is 0.489 e. The van der Waals surface area contributed by atoms with Crippen LogP contribution >= 0.6 is 11.6 Å². The lowest BCUT2D eigenvalue weighted by Crippen LogP contribution is -2.32. The van der Waals surface area contributed by atoms with Gasteiger partial charge in [-0.05, 0) is 66.2 Å². The summed E-state index contributed by atoms with van der Waals surface area (Å²) in [6.07, 6.45) is 3.25. The molecule has 198 valence electrons. The Balaban J connectivity index is 1.31. The van der Waals surface area contributed by atoms with Gasteiger partial charge in [-0.25, -0.2) is 10.1 Å². The quantitative estimate of drug-likeness (QED) is 0.144. The molecule has 9 heteroatoms. The molecule has 0 spiro atoms. The van der Waals surface area contributed by atoms with Gasteiger partial charge in [0.15, 0.2) is 0 Å². The summed E-state index contributed by atoms with van der Waals surface area (Å²) in [7, 11) is 0. The maximum absolute atomic E-state index is 12.3. The Kier molecular flexibility index (Phi) is 8.29. The molecule has 0 fully saturated rings. The van der Waals surface area contributed by atoms with Crippen LogP contribution in [0.4, 0.5) is 5.69 Å². The third kappa shape index (κ3) is 6.80. The highest BCUT2D eigenvalue weighted by molar-refractivity contribution is 6.39. The molecule has 0 bridgehead atoms. The molecule has 0 atom stereocenters. The van der Waals surface area contributed by atoms with Crippen molar-refractivity contribution >= 4 is 35.3 Å². The minimum absolute atomic E-state index is 0.441. The number of halogens is 1. The maximum atomic E-state index is 12.3.